The number of halogens is 2. The smallest absolute Gasteiger partial charge is 0.279 e. The van der Waals surface area contributed by atoms with Crippen molar-refractivity contribution in [3.8, 4) is 0 Å². The van der Waals surface area contributed by atoms with Crippen molar-refractivity contribution in [3.05, 3.63) is 71.4 Å². The molecule has 1 heterocycles. The van der Waals surface area contributed by atoms with Gasteiger partial charge in [-0.3, -0.25) is 14.6 Å². The molecule has 7 nitrogen and oxygen atoms in total. The van der Waals surface area contributed by atoms with E-state index in [1.54, 1.807) is 6.92 Å². The summed E-state index contributed by atoms with van der Waals surface area (Å²) in [5, 5.41) is 7.65. The lowest BCUT2D eigenvalue weighted by atomic mass is 10.2. The third kappa shape index (κ3) is 4.11. The molecular formula is C17H14F2N4O3S. The average molecular weight is 392 g/mol. The largest absolute Gasteiger partial charge is 0.319 e. The summed E-state index contributed by atoms with van der Waals surface area (Å²) >= 11 is 0. The van der Waals surface area contributed by atoms with E-state index in [2.05, 4.69) is 20.2 Å². The predicted octanol–water partition coefficient (Wildman–Crippen LogP) is 3.05. The Labute approximate surface area is 153 Å². The molecule has 10 heteroatoms. The topological polar surface area (TPSA) is 104 Å². The molecule has 3 aromatic rings. The zero-order valence-electron chi connectivity index (χ0n) is 14.0. The number of carbonyl (C=O) groups excluding carboxylic acids is 1. The Morgan fingerprint density at radius 1 is 1.11 bits per heavy atom. The molecule has 0 aliphatic rings. The minimum Gasteiger partial charge on any atom is -0.319 e. The fraction of sp³-hybridized carbons (Fsp3) is 0.0588. The number of carbonyl (C=O) groups is 1. The van der Waals surface area contributed by atoms with Crippen molar-refractivity contribution in [1.29, 1.82) is 0 Å². The monoisotopic (exact) mass is 392 g/mol. The van der Waals surface area contributed by atoms with E-state index >= 15 is 0 Å². The van der Waals surface area contributed by atoms with E-state index in [-0.39, 0.29) is 16.9 Å². The van der Waals surface area contributed by atoms with Crippen LogP contribution in [0.5, 0.6) is 0 Å². The highest BCUT2D eigenvalue weighted by atomic mass is 32.2. The van der Waals surface area contributed by atoms with Crippen molar-refractivity contribution in [2.75, 3.05) is 10.0 Å². The van der Waals surface area contributed by atoms with Gasteiger partial charge in [0.2, 0.25) is 0 Å². The van der Waals surface area contributed by atoms with Crippen LogP contribution < -0.4 is 10.0 Å². The molecule has 27 heavy (non-hydrogen) atoms. The molecule has 1 aromatic heterocycles. The molecule has 0 aliphatic heterocycles. The van der Waals surface area contributed by atoms with Gasteiger partial charge in [0.25, 0.3) is 15.9 Å². The van der Waals surface area contributed by atoms with Crippen LogP contribution in [-0.2, 0) is 10.0 Å². The maximum Gasteiger partial charge on any atom is 0.279 e. The van der Waals surface area contributed by atoms with Crippen LogP contribution in [0.1, 0.15) is 15.9 Å². The van der Waals surface area contributed by atoms with E-state index in [4.69, 9.17) is 0 Å². The second-order valence-corrected chi connectivity index (χ2v) is 7.28. The number of rotatable bonds is 5. The molecule has 0 fully saturated rings. The van der Waals surface area contributed by atoms with Crippen molar-refractivity contribution in [2.45, 2.75) is 11.9 Å². The fourth-order valence-corrected chi connectivity index (χ4v) is 3.45. The lowest BCUT2D eigenvalue weighted by molar-refractivity contribution is 0.102. The summed E-state index contributed by atoms with van der Waals surface area (Å²) in [6, 6.07) is 8.76. The van der Waals surface area contributed by atoms with E-state index in [0.29, 0.717) is 5.56 Å². The second kappa shape index (κ2) is 7.16. The molecule has 0 saturated carbocycles. The van der Waals surface area contributed by atoms with E-state index in [0.717, 1.165) is 18.3 Å². The summed E-state index contributed by atoms with van der Waals surface area (Å²) in [4.78, 5) is 12.4. The van der Waals surface area contributed by atoms with Crippen LogP contribution in [0, 0.1) is 18.6 Å². The first-order valence-corrected chi connectivity index (χ1v) is 9.14. The SMILES string of the molecule is Cc1ccc(F)c(NC(=O)c2cn[nH]c2S(=O)(=O)Nc2ccc(F)cc2)c1. The van der Waals surface area contributed by atoms with Gasteiger partial charge in [0, 0.05) is 5.69 Å². The Kier molecular flexibility index (Phi) is 4.91. The summed E-state index contributed by atoms with van der Waals surface area (Å²) in [5.74, 6) is -2.04. The van der Waals surface area contributed by atoms with E-state index in [1.807, 2.05) is 0 Å². The van der Waals surface area contributed by atoms with Crippen molar-refractivity contribution in [2.24, 2.45) is 0 Å². The molecule has 140 valence electrons. The molecule has 3 rings (SSSR count). The Morgan fingerprint density at radius 2 is 1.81 bits per heavy atom. The fourth-order valence-electron chi connectivity index (χ4n) is 2.29. The molecule has 0 spiro atoms. The van der Waals surface area contributed by atoms with Crippen LogP contribution >= 0.6 is 0 Å². The zero-order valence-corrected chi connectivity index (χ0v) is 14.8. The van der Waals surface area contributed by atoms with Gasteiger partial charge in [-0.2, -0.15) is 13.5 Å². The number of H-pyrrole nitrogens is 1. The first-order valence-electron chi connectivity index (χ1n) is 7.65. The molecule has 0 radical (unpaired) electrons. The number of sulfonamides is 1. The number of benzene rings is 2. The van der Waals surface area contributed by atoms with E-state index < -0.39 is 32.6 Å². The molecule has 0 atom stereocenters. The molecule has 2 aromatic carbocycles. The Hall–Kier alpha value is -3.27. The molecule has 0 saturated heterocycles. The number of nitrogens with zero attached hydrogens (tertiary/aromatic N) is 1. The van der Waals surface area contributed by atoms with Crippen molar-refractivity contribution < 1.29 is 22.0 Å². The van der Waals surface area contributed by atoms with Gasteiger partial charge in [-0.15, -0.1) is 0 Å². The first kappa shape index (κ1) is 18.5. The van der Waals surface area contributed by atoms with Crippen LogP contribution in [-0.4, -0.2) is 24.5 Å². The van der Waals surface area contributed by atoms with Crippen LogP contribution in [0.4, 0.5) is 20.2 Å². The number of aromatic amines is 1. The van der Waals surface area contributed by atoms with Gasteiger partial charge >= 0.3 is 0 Å². The maximum atomic E-state index is 13.8. The Balaban J connectivity index is 1.87. The standard InChI is InChI=1S/C17H14F2N4O3S/c1-10-2-7-14(19)15(8-10)21-16(24)13-9-20-22-17(13)27(25,26)23-12-5-3-11(18)4-6-12/h2-9,23H,1H3,(H,20,22)(H,21,24). The quantitative estimate of drug-likeness (QED) is 0.621. The number of amides is 1. The Morgan fingerprint density at radius 3 is 2.52 bits per heavy atom. The molecule has 0 unspecified atom stereocenters. The second-order valence-electron chi connectivity index (χ2n) is 5.66. The number of nitrogens with one attached hydrogen (secondary N) is 3. The van der Waals surface area contributed by atoms with Crippen LogP contribution in [0.25, 0.3) is 0 Å². The summed E-state index contributed by atoms with van der Waals surface area (Å²) < 4.78 is 54.0. The zero-order chi connectivity index (χ0) is 19.6. The average Bonchev–Trinajstić information content (AvgIpc) is 3.11. The Bertz CT molecular complexity index is 1100. The van der Waals surface area contributed by atoms with Crippen LogP contribution in [0.2, 0.25) is 0 Å². The number of hydrogen-bond donors (Lipinski definition) is 3. The van der Waals surface area contributed by atoms with Crippen molar-refractivity contribution in [3.63, 3.8) is 0 Å². The normalized spacial score (nSPS) is 11.2. The third-order valence-electron chi connectivity index (χ3n) is 3.58. The lowest BCUT2D eigenvalue weighted by Crippen LogP contribution is -2.20. The van der Waals surface area contributed by atoms with E-state index in [9.17, 15) is 22.0 Å². The van der Waals surface area contributed by atoms with Gasteiger partial charge in [0.15, 0.2) is 5.03 Å². The number of aryl methyl sites for hydroxylation is 1. The van der Waals surface area contributed by atoms with Gasteiger partial charge < -0.3 is 5.32 Å². The molecule has 1 amide bonds. The highest BCUT2D eigenvalue weighted by Gasteiger charge is 2.25. The molecule has 3 N–H and O–H groups in total. The van der Waals surface area contributed by atoms with Gasteiger partial charge in [-0.25, -0.2) is 8.78 Å². The van der Waals surface area contributed by atoms with Crippen molar-refractivity contribution in [1.82, 2.24) is 10.2 Å². The van der Waals surface area contributed by atoms with Gasteiger partial charge in [-0.05, 0) is 48.9 Å². The first-order chi connectivity index (χ1) is 12.8. The predicted molar refractivity (Wildman–Crippen MR) is 94.9 cm³/mol. The summed E-state index contributed by atoms with van der Waals surface area (Å²) in [6.07, 6.45) is 1.02. The molecule has 0 aliphatic carbocycles. The minimum atomic E-state index is -4.21. The van der Waals surface area contributed by atoms with Crippen molar-refractivity contribution >= 4 is 27.3 Å². The maximum absolute atomic E-state index is 13.8. The van der Waals surface area contributed by atoms with E-state index in [1.165, 1.54) is 30.3 Å². The third-order valence-corrected chi connectivity index (χ3v) is 4.94. The minimum absolute atomic E-state index is 0.0870. The van der Waals surface area contributed by atoms with Gasteiger partial charge in [-0.1, -0.05) is 6.07 Å². The van der Waals surface area contributed by atoms with Gasteiger partial charge in [0.1, 0.15) is 11.6 Å². The summed E-state index contributed by atoms with van der Waals surface area (Å²) in [7, 11) is -4.21. The highest BCUT2D eigenvalue weighted by molar-refractivity contribution is 7.92. The molecule has 0 bridgehead atoms. The number of aromatic nitrogens is 2. The van der Waals surface area contributed by atoms with Crippen LogP contribution in [0.15, 0.2) is 53.7 Å². The lowest BCUT2D eigenvalue weighted by Gasteiger charge is -2.09. The number of hydrogen-bond acceptors (Lipinski definition) is 4. The highest BCUT2D eigenvalue weighted by Crippen LogP contribution is 2.21. The molecular weight excluding hydrogens is 378 g/mol. The summed E-state index contributed by atoms with van der Waals surface area (Å²) in [5.41, 5.74) is 0.424. The summed E-state index contributed by atoms with van der Waals surface area (Å²) in [6.45, 7) is 1.72. The van der Waals surface area contributed by atoms with Crippen LogP contribution in [0.3, 0.4) is 0 Å². The van der Waals surface area contributed by atoms with Gasteiger partial charge in [0.05, 0.1) is 17.4 Å². The number of anilines is 2.